The van der Waals surface area contributed by atoms with Crippen molar-refractivity contribution < 1.29 is 20.1 Å². The molecule has 1 atom stereocenters. The highest BCUT2D eigenvalue weighted by atomic mass is 35.5. The summed E-state index contributed by atoms with van der Waals surface area (Å²) in [6.07, 6.45) is 4.89. The van der Waals surface area contributed by atoms with Crippen molar-refractivity contribution in [3.8, 4) is 11.8 Å². The molecule has 5 heteroatoms. The molecule has 0 aromatic heterocycles. The first kappa shape index (κ1) is 23.5. The van der Waals surface area contributed by atoms with E-state index in [1.54, 1.807) is 32.9 Å². The van der Waals surface area contributed by atoms with E-state index in [4.69, 9.17) is 4.74 Å². The zero-order valence-electron chi connectivity index (χ0n) is 15.2. The quantitative estimate of drug-likeness (QED) is 0.653. The Balaban J connectivity index is 0.00000288. The Labute approximate surface area is 156 Å². The fourth-order valence-corrected chi connectivity index (χ4v) is 3.37. The van der Waals surface area contributed by atoms with E-state index >= 15 is 0 Å². The van der Waals surface area contributed by atoms with Gasteiger partial charge in [-0.05, 0) is 39.2 Å². The van der Waals surface area contributed by atoms with Crippen LogP contribution in [0.3, 0.4) is 0 Å². The van der Waals surface area contributed by atoms with Gasteiger partial charge < -0.3 is 15.3 Å². The van der Waals surface area contributed by atoms with Gasteiger partial charge in [0.05, 0.1) is 0 Å². The van der Waals surface area contributed by atoms with Gasteiger partial charge in [0.2, 0.25) is 0 Å². The van der Waals surface area contributed by atoms with Gasteiger partial charge in [-0.3, -0.25) is 0 Å². The zero-order valence-corrected chi connectivity index (χ0v) is 16.0. The average Bonchev–Trinajstić information content (AvgIpc) is 2.55. The van der Waals surface area contributed by atoms with Crippen LogP contribution in [0.5, 0.6) is 0 Å². The van der Waals surface area contributed by atoms with Crippen LogP contribution in [0.1, 0.15) is 58.4 Å². The molecule has 1 unspecified atom stereocenters. The number of esters is 1. The Morgan fingerprint density at radius 2 is 1.72 bits per heavy atom. The van der Waals surface area contributed by atoms with Crippen LogP contribution in [0.25, 0.3) is 0 Å². The number of halogens is 1. The maximum Gasteiger partial charge on any atom is 0.344 e. The topological polar surface area (TPSA) is 78.0 Å². The Hall–Kier alpha value is -1.54. The molecule has 2 rings (SSSR count). The van der Waals surface area contributed by atoms with Gasteiger partial charge in [0, 0.05) is 5.92 Å². The summed E-state index contributed by atoms with van der Waals surface area (Å²) in [6.45, 7) is 5.20. The van der Waals surface area contributed by atoms with E-state index in [0.717, 1.165) is 32.1 Å². The van der Waals surface area contributed by atoms with Gasteiger partial charge in [0.1, 0.15) is 0 Å². The van der Waals surface area contributed by atoms with Gasteiger partial charge in [0.25, 0.3) is 0 Å². The van der Waals surface area contributed by atoms with E-state index in [2.05, 4.69) is 11.8 Å². The molecule has 1 saturated carbocycles. The number of rotatable bonds is 4. The van der Waals surface area contributed by atoms with Crippen molar-refractivity contribution in [3.63, 3.8) is 0 Å². The second-order valence-electron chi connectivity index (χ2n) is 6.74. The number of benzene rings is 1. The maximum atomic E-state index is 12.9. The van der Waals surface area contributed by atoms with E-state index < -0.39 is 17.2 Å². The second-order valence-corrected chi connectivity index (χ2v) is 6.74. The molecule has 1 aliphatic rings. The van der Waals surface area contributed by atoms with Crippen LogP contribution in [-0.4, -0.2) is 22.2 Å². The number of carbonyl (C=O) groups is 1. The number of aliphatic hydroxyl groups is 1. The normalized spacial score (nSPS) is 17.0. The molecular weight excluding hydrogens is 340 g/mol. The van der Waals surface area contributed by atoms with E-state index in [1.165, 1.54) is 0 Å². The standard InChI is InChI=1S/C20H26O3.ClH.H2O/c1-4-15-19(2,3)23-18(21)20(22,16-11-7-5-8-12-16)17-13-9-6-10-14-17;;/h5,7-8,11-12,17,22H,6,9-10,13-14H2,1-3H3;1H;1H2. The molecule has 0 aliphatic heterocycles. The number of carbonyl (C=O) groups excluding carboxylic acids is 1. The third-order valence-corrected chi connectivity index (χ3v) is 4.49. The molecule has 0 radical (unpaired) electrons. The monoisotopic (exact) mass is 368 g/mol. The summed E-state index contributed by atoms with van der Waals surface area (Å²) in [5, 5.41) is 11.4. The Kier molecular flexibility index (Phi) is 9.21. The van der Waals surface area contributed by atoms with Crippen molar-refractivity contribution in [2.24, 2.45) is 5.92 Å². The molecule has 1 fully saturated rings. The van der Waals surface area contributed by atoms with Crippen molar-refractivity contribution in [1.82, 2.24) is 0 Å². The summed E-state index contributed by atoms with van der Waals surface area (Å²) in [7, 11) is 0. The summed E-state index contributed by atoms with van der Waals surface area (Å²) >= 11 is 0. The largest absolute Gasteiger partial charge is 0.444 e. The fourth-order valence-electron chi connectivity index (χ4n) is 3.37. The number of hydrogen-bond acceptors (Lipinski definition) is 3. The number of ether oxygens (including phenoxy) is 1. The van der Waals surface area contributed by atoms with Crippen LogP contribution in [0.4, 0.5) is 0 Å². The minimum absolute atomic E-state index is 0. The molecule has 0 spiro atoms. The second kappa shape index (κ2) is 9.82. The molecule has 140 valence electrons. The SMILES string of the molecule is CC#CC(C)(C)OC(=O)C(O)(c1ccccc1)C1CCCCC1.Cl.O. The Morgan fingerprint density at radius 3 is 2.24 bits per heavy atom. The molecule has 1 aromatic carbocycles. The van der Waals surface area contributed by atoms with Gasteiger partial charge in [-0.25, -0.2) is 4.79 Å². The first-order valence-corrected chi connectivity index (χ1v) is 8.35. The first-order chi connectivity index (χ1) is 10.9. The van der Waals surface area contributed by atoms with Crippen LogP contribution < -0.4 is 0 Å². The van der Waals surface area contributed by atoms with Crippen molar-refractivity contribution in [1.29, 1.82) is 0 Å². The fraction of sp³-hybridized carbons (Fsp3) is 0.550. The van der Waals surface area contributed by atoms with Gasteiger partial charge >= 0.3 is 5.97 Å². The lowest BCUT2D eigenvalue weighted by molar-refractivity contribution is -0.184. The first-order valence-electron chi connectivity index (χ1n) is 8.35. The maximum absolute atomic E-state index is 12.9. The van der Waals surface area contributed by atoms with Crippen LogP contribution in [0, 0.1) is 17.8 Å². The zero-order chi connectivity index (χ0) is 16.9. The van der Waals surface area contributed by atoms with Crippen molar-refractivity contribution in [2.45, 2.75) is 64.1 Å². The van der Waals surface area contributed by atoms with Crippen molar-refractivity contribution in [3.05, 3.63) is 35.9 Å². The minimum atomic E-state index is -1.60. The van der Waals surface area contributed by atoms with E-state index in [-0.39, 0.29) is 23.8 Å². The lowest BCUT2D eigenvalue weighted by Crippen LogP contribution is -2.47. The van der Waals surface area contributed by atoms with Crippen molar-refractivity contribution in [2.75, 3.05) is 0 Å². The lowest BCUT2D eigenvalue weighted by atomic mass is 9.73. The molecule has 25 heavy (non-hydrogen) atoms. The van der Waals surface area contributed by atoms with E-state index in [1.807, 2.05) is 18.2 Å². The van der Waals surface area contributed by atoms with Gasteiger partial charge in [-0.15, -0.1) is 18.3 Å². The number of hydrogen-bond donors (Lipinski definition) is 1. The van der Waals surface area contributed by atoms with Gasteiger partial charge in [0.15, 0.2) is 11.2 Å². The van der Waals surface area contributed by atoms with Crippen LogP contribution >= 0.6 is 12.4 Å². The Morgan fingerprint density at radius 1 is 1.16 bits per heavy atom. The summed E-state index contributed by atoms with van der Waals surface area (Å²) in [6, 6.07) is 9.16. The highest BCUT2D eigenvalue weighted by molar-refractivity contribution is 5.85. The molecule has 3 N–H and O–H groups in total. The summed E-state index contributed by atoms with van der Waals surface area (Å²) in [4.78, 5) is 12.9. The highest BCUT2D eigenvalue weighted by Gasteiger charge is 2.48. The van der Waals surface area contributed by atoms with Crippen molar-refractivity contribution >= 4 is 18.4 Å². The smallest absolute Gasteiger partial charge is 0.344 e. The lowest BCUT2D eigenvalue weighted by Gasteiger charge is -2.38. The van der Waals surface area contributed by atoms with Crippen LogP contribution in [-0.2, 0) is 15.1 Å². The minimum Gasteiger partial charge on any atom is -0.444 e. The van der Waals surface area contributed by atoms with Crippen LogP contribution in [0.2, 0.25) is 0 Å². The summed E-state index contributed by atoms with van der Waals surface area (Å²) in [5.41, 5.74) is -1.91. The summed E-state index contributed by atoms with van der Waals surface area (Å²) in [5.74, 6) is 4.94. The third kappa shape index (κ3) is 5.47. The predicted octanol–water partition coefficient (Wildman–Crippen LogP) is 3.40. The third-order valence-electron chi connectivity index (χ3n) is 4.49. The molecular formula is C20H29ClO4. The molecule has 1 aromatic rings. The van der Waals surface area contributed by atoms with E-state index in [9.17, 15) is 9.90 Å². The average molecular weight is 369 g/mol. The highest BCUT2D eigenvalue weighted by Crippen LogP contribution is 2.41. The molecule has 0 saturated heterocycles. The molecule has 4 nitrogen and oxygen atoms in total. The van der Waals surface area contributed by atoms with E-state index in [0.29, 0.717) is 5.56 Å². The van der Waals surface area contributed by atoms with Crippen LogP contribution in [0.15, 0.2) is 30.3 Å². The molecule has 0 heterocycles. The molecule has 1 aliphatic carbocycles. The molecule has 0 amide bonds. The Bertz CT molecular complexity index is 597. The molecule has 0 bridgehead atoms. The van der Waals surface area contributed by atoms with Gasteiger partial charge in [-0.2, -0.15) is 0 Å². The van der Waals surface area contributed by atoms with Gasteiger partial charge in [-0.1, -0.05) is 55.5 Å². The predicted molar refractivity (Wildman–Crippen MR) is 101 cm³/mol. The summed E-state index contributed by atoms with van der Waals surface area (Å²) < 4.78 is 5.59.